The quantitative estimate of drug-likeness (QED) is 0.771. The Morgan fingerprint density at radius 1 is 1.20 bits per heavy atom. The molecule has 0 saturated carbocycles. The van der Waals surface area contributed by atoms with Crippen molar-refractivity contribution < 1.29 is 27.4 Å². The topological polar surface area (TPSA) is 35.5 Å². The van der Waals surface area contributed by atoms with Crippen molar-refractivity contribution in [2.75, 3.05) is 6.61 Å². The van der Waals surface area contributed by atoms with Crippen molar-refractivity contribution in [1.29, 1.82) is 0 Å². The van der Waals surface area contributed by atoms with E-state index in [9.17, 15) is 18.0 Å². The first-order valence-corrected chi connectivity index (χ1v) is 6.34. The number of carbonyl (C=O) groups excluding carboxylic acids is 1. The van der Waals surface area contributed by atoms with Gasteiger partial charge in [0.25, 0.3) is 0 Å². The number of hydrogen-bond acceptors (Lipinski definition) is 3. The molecule has 0 amide bonds. The van der Waals surface area contributed by atoms with Gasteiger partial charge in [0.05, 0.1) is 0 Å². The summed E-state index contributed by atoms with van der Waals surface area (Å²) in [6.07, 6.45) is -4.47. The fraction of sp³-hybridized carbons (Fsp3) is 0.500. The van der Waals surface area contributed by atoms with Crippen molar-refractivity contribution in [1.82, 2.24) is 0 Å². The van der Waals surface area contributed by atoms with E-state index in [0.29, 0.717) is 18.6 Å². The largest absolute Gasteiger partial charge is 0.573 e. The fourth-order valence-electron chi connectivity index (χ4n) is 1.76. The molecule has 0 spiro atoms. The molecule has 20 heavy (non-hydrogen) atoms. The van der Waals surface area contributed by atoms with Gasteiger partial charge in [-0.25, -0.2) is 0 Å². The second-order valence-corrected chi connectivity index (χ2v) is 4.19. The number of carbonyl (C=O) groups is 1. The molecule has 0 fully saturated rings. The number of halogens is 3. The smallest absolute Gasteiger partial charge is 0.406 e. The number of hydrogen-bond donors (Lipinski definition) is 0. The molecule has 1 aromatic rings. The maximum atomic E-state index is 12.0. The van der Waals surface area contributed by atoms with Crippen molar-refractivity contribution in [3.8, 4) is 5.75 Å². The third kappa shape index (κ3) is 5.61. The molecule has 1 aromatic carbocycles. The maximum absolute atomic E-state index is 12.0. The lowest BCUT2D eigenvalue weighted by Crippen LogP contribution is -2.25. The van der Waals surface area contributed by atoms with Crippen LogP contribution in [0.3, 0.4) is 0 Å². The average Bonchev–Trinajstić information content (AvgIpc) is 2.36. The van der Waals surface area contributed by atoms with Crippen LogP contribution in [0.15, 0.2) is 24.3 Å². The van der Waals surface area contributed by atoms with E-state index >= 15 is 0 Å². The molecule has 0 radical (unpaired) electrons. The van der Waals surface area contributed by atoms with E-state index in [2.05, 4.69) is 4.74 Å². The molecule has 0 saturated heterocycles. The van der Waals surface area contributed by atoms with Gasteiger partial charge in [0, 0.05) is 13.0 Å². The SMILES string of the molecule is CCOC(CC)C(=O)Cc1ccc(OC(F)(F)F)cc1. The highest BCUT2D eigenvalue weighted by atomic mass is 19.4. The Morgan fingerprint density at radius 3 is 2.25 bits per heavy atom. The molecule has 3 nitrogen and oxygen atoms in total. The van der Waals surface area contributed by atoms with Crippen LogP contribution in [-0.4, -0.2) is 24.9 Å². The normalized spacial score (nSPS) is 13.1. The van der Waals surface area contributed by atoms with Gasteiger partial charge in [-0.3, -0.25) is 4.79 Å². The van der Waals surface area contributed by atoms with Gasteiger partial charge in [-0.1, -0.05) is 19.1 Å². The van der Waals surface area contributed by atoms with Crippen LogP contribution in [0.25, 0.3) is 0 Å². The molecule has 0 aliphatic rings. The summed E-state index contributed by atoms with van der Waals surface area (Å²) < 4.78 is 45.0. The summed E-state index contributed by atoms with van der Waals surface area (Å²) in [4.78, 5) is 11.9. The lowest BCUT2D eigenvalue weighted by Gasteiger charge is -2.14. The predicted molar refractivity (Wildman–Crippen MR) is 67.5 cm³/mol. The van der Waals surface area contributed by atoms with Crippen molar-refractivity contribution in [3.05, 3.63) is 29.8 Å². The highest BCUT2D eigenvalue weighted by Gasteiger charge is 2.31. The van der Waals surface area contributed by atoms with Crippen LogP contribution in [0.4, 0.5) is 13.2 Å². The number of rotatable bonds is 7. The Bertz CT molecular complexity index is 426. The Kier molecular flexibility index (Phi) is 6.01. The Balaban J connectivity index is 2.63. The van der Waals surface area contributed by atoms with Gasteiger partial charge >= 0.3 is 6.36 Å². The van der Waals surface area contributed by atoms with E-state index in [0.717, 1.165) is 0 Å². The van der Waals surface area contributed by atoms with Crippen molar-refractivity contribution in [2.45, 2.75) is 39.2 Å². The Hall–Kier alpha value is -1.56. The molecular weight excluding hydrogens is 273 g/mol. The van der Waals surface area contributed by atoms with Crippen molar-refractivity contribution in [3.63, 3.8) is 0 Å². The lowest BCUT2D eigenvalue weighted by atomic mass is 10.0. The second-order valence-electron chi connectivity index (χ2n) is 4.19. The lowest BCUT2D eigenvalue weighted by molar-refractivity contribution is -0.274. The monoisotopic (exact) mass is 290 g/mol. The Labute approximate surface area is 115 Å². The van der Waals surface area contributed by atoms with E-state index in [4.69, 9.17) is 4.74 Å². The van der Waals surface area contributed by atoms with Gasteiger partial charge in [0.1, 0.15) is 11.9 Å². The molecule has 0 aliphatic carbocycles. The van der Waals surface area contributed by atoms with Gasteiger partial charge in [0.2, 0.25) is 0 Å². The van der Waals surface area contributed by atoms with Crippen LogP contribution >= 0.6 is 0 Å². The molecular formula is C14H17F3O3. The van der Waals surface area contributed by atoms with Crippen LogP contribution in [-0.2, 0) is 16.0 Å². The summed E-state index contributed by atoms with van der Waals surface area (Å²) in [6.45, 7) is 4.10. The molecule has 0 bridgehead atoms. The summed E-state index contributed by atoms with van der Waals surface area (Å²) in [5.74, 6) is -0.385. The fourth-order valence-corrected chi connectivity index (χ4v) is 1.76. The summed E-state index contributed by atoms with van der Waals surface area (Å²) >= 11 is 0. The van der Waals surface area contributed by atoms with Gasteiger partial charge in [-0.2, -0.15) is 0 Å². The third-order valence-corrected chi connectivity index (χ3v) is 2.63. The summed E-state index contributed by atoms with van der Waals surface area (Å²) in [6, 6.07) is 5.27. The third-order valence-electron chi connectivity index (χ3n) is 2.63. The van der Waals surface area contributed by atoms with Crippen LogP contribution in [0.2, 0.25) is 0 Å². The standard InChI is InChI=1S/C14H17F3O3/c1-3-13(19-4-2)12(18)9-10-5-7-11(8-6-10)20-14(15,16)17/h5-8,13H,3-4,9H2,1-2H3. The van der Waals surface area contributed by atoms with E-state index in [-0.39, 0.29) is 18.0 Å². The number of alkyl halides is 3. The van der Waals surface area contributed by atoms with Gasteiger partial charge in [-0.05, 0) is 31.0 Å². The zero-order valence-electron chi connectivity index (χ0n) is 11.4. The highest BCUT2D eigenvalue weighted by Crippen LogP contribution is 2.23. The Morgan fingerprint density at radius 2 is 1.80 bits per heavy atom. The molecule has 0 heterocycles. The molecule has 1 rings (SSSR count). The zero-order chi connectivity index (χ0) is 15.2. The second kappa shape index (κ2) is 7.28. The minimum absolute atomic E-state index is 0.0844. The highest BCUT2D eigenvalue weighted by molar-refractivity contribution is 5.85. The molecule has 1 unspecified atom stereocenters. The van der Waals surface area contributed by atoms with Crippen LogP contribution in [0, 0.1) is 0 Å². The number of ether oxygens (including phenoxy) is 2. The van der Waals surface area contributed by atoms with Gasteiger partial charge < -0.3 is 9.47 Å². The minimum atomic E-state index is -4.71. The van der Waals surface area contributed by atoms with Crippen molar-refractivity contribution >= 4 is 5.78 Å². The molecule has 6 heteroatoms. The molecule has 0 aliphatic heterocycles. The first kappa shape index (κ1) is 16.5. The predicted octanol–water partition coefficient (Wildman–Crippen LogP) is 3.51. The van der Waals surface area contributed by atoms with Gasteiger partial charge in [-0.15, -0.1) is 13.2 Å². The van der Waals surface area contributed by atoms with E-state index in [1.54, 1.807) is 6.92 Å². The number of benzene rings is 1. The average molecular weight is 290 g/mol. The first-order chi connectivity index (χ1) is 9.35. The number of Topliss-reactive ketones (excluding diaryl/α,β-unsaturated/α-hetero) is 1. The molecule has 0 aromatic heterocycles. The zero-order valence-corrected chi connectivity index (χ0v) is 11.4. The van der Waals surface area contributed by atoms with E-state index in [1.807, 2.05) is 6.92 Å². The first-order valence-electron chi connectivity index (χ1n) is 6.34. The van der Waals surface area contributed by atoms with Crippen LogP contribution in [0.1, 0.15) is 25.8 Å². The molecule has 0 N–H and O–H groups in total. The minimum Gasteiger partial charge on any atom is -0.406 e. The van der Waals surface area contributed by atoms with E-state index < -0.39 is 12.5 Å². The number of ketones is 1. The van der Waals surface area contributed by atoms with Crippen LogP contribution < -0.4 is 4.74 Å². The van der Waals surface area contributed by atoms with E-state index in [1.165, 1.54) is 24.3 Å². The summed E-state index contributed by atoms with van der Waals surface area (Å²) in [5.41, 5.74) is 0.627. The maximum Gasteiger partial charge on any atom is 0.573 e. The summed E-state index contributed by atoms with van der Waals surface area (Å²) in [5, 5.41) is 0. The molecule has 112 valence electrons. The van der Waals surface area contributed by atoms with Gasteiger partial charge in [0.15, 0.2) is 5.78 Å². The molecule has 1 atom stereocenters. The van der Waals surface area contributed by atoms with Crippen LogP contribution in [0.5, 0.6) is 5.75 Å². The van der Waals surface area contributed by atoms with Crippen molar-refractivity contribution in [2.24, 2.45) is 0 Å². The summed E-state index contributed by atoms with van der Waals surface area (Å²) in [7, 11) is 0.